The van der Waals surface area contributed by atoms with Crippen LogP contribution in [0, 0.1) is 5.92 Å². The summed E-state index contributed by atoms with van der Waals surface area (Å²) in [4.78, 5) is 12.4. The number of carbonyl (C=O) groups is 1. The van der Waals surface area contributed by atoms with Crippen molar-refractivity contribution in [3.63, 3.8) is 0 Å². The molecular weight excluding hydrogens is 210 g/mol. The molecule has 0 aromatic heterocycles. The molecule has 90 valence electrons. The number of rotatable bonds is 2. The normalized spacial score (nSPS) is 20.2. The first-order valence-corrected chi connectivity index (χ1v) is 6.71. The largest absolute Gasteiger partial charge is 0.317 e. The van der Waals surface area contributed by atoms with E-state index in [0.29, 0.717) is 5.78 Å². The van der Waals surface area contributed by atoms with Crippen LogP contribution in [-0.2, 0) is 12.8 Å². The molecular formula is C15H19NO. The second kappa shape index (κ2) is 4.61. The number of piperidine rings is 1. The van der Waals surface area contributed by atoms with Gasteiger partial charge < -0.3 is 5.32 Å². The Morgan fingerprint density at radius 3 is 2.71 bits per heavy atom. The third-order valence-corrected chi connectivity index (χ3v) is 4.09. The summed E-state index contributed by atoms with van der Waals surface area (Å²) in [6.07, 6.45) is 5.59. The number of aryl methyl sites for hydroxylation is 2. The Bertz CT molecular complexity index is 433. The van der Waals surface area contributed by atoms with E-state index in [2.05, 4.69) is 17.4 Å². The van der Waals surface area contributed by atoms with Gasteiger partial charge in [0.1, 0.15) is 0 Å². The molecule has 0 bridgehead atoms. The molecule has 0 atom stereocenters. The first-order chi connectivity index (χ1) is 8.34. The number of nitrogens with one attached hydrogen (secondary N) is 1. The fourth-order valence-electron chi connectivity index (χ4n) is 3.04. The fourth-order valence-corrected chi connectivity index (χ4v) is 3.04. The predicted octanol–water partition coefficient (Wildman–Crippen LogP) is 2.36. The molecule has 0 saturated carbocycles. The highest BCUT2D eigenvalue weighted by atomic mass is 16.1. The van der Waals surface area contributed by atoms with Gasteiger partial charge in [-0.2, -0.15) is 0 Å². The van der Waals surface area contributed by atoms with E-state index < -0.39 is 0 Å². The van der Waals surface area contributed by atoms with Gasteiger partial charge in [-0.1, -0.05) is 12.1 Å². The standard InChI is InChI=1S/C15H19NO/c17-15(12-6-8-16-9-7-12)14-5-4-11-2-1-3-13(11)10-14/h4-5,10,12,16H,1-3,6-9H2. The Labute approximate surface area is 102 Å². The maximum atomic E-state index is 12.4. The average molecular weight is 229 g/mol. The van der Waals surface area contributed by atoms with Gasteiger partial charge in [0, 0.05) is 11.5 Å². The van der Waals surface area contributed by atoms with E-state index >= 15 is 0 Å². The van der Waals surface area contributed by atoms with Crippen molar-refractivity contribution >= 4 is 5.78 Å². The van der Waals surface area contributed by atoms with Gasteiger partial charge in [0.15, 0.2) is 5.78 Å². The highest BCUT2D eigenvalue weighted by molar-refractivity contribution is 5.98. The number of fused-ring (bicyclic) bond motifs is 1. The minimum atomic E-state index is 0.246. The van der Waals surface area contributed by atoms with Gasteiger partial charge in [-0.15, -0.1) is 0 Å². The summed E-state index contributed by atoms with van der Waals surface area (Å²) in [5.41, 5.74) is 3.80. The predicted molar refractivity (Wildman–Crippen MR) is 68.4 cm³/mol. The monoisotopic (exact) mass is 229 g/mol. The Balaban J connectivity index is 1.81. The summed E-state index contributed by atoms with van der Waals surface area (Å²) < 4.78 is 0. The second-order valence-electron chi connectivity index (χ2n) is 5.23. The summed E-state index contributed by atoms with van der Waals surface area (Å²) >= 11 is 0. The van der Waals surface area contributed by atoms with Crippen molar-refractivity contribution in [1.29, 1.82) is 0 Å². The minimum absolute atomic E-state index is 0.246. The Morgan fingerprint density at radius 2 is 1.88 bits per heavy atom. The van der Waals surface area contributed by atoms with Crippen LogP contribution in [0.15, 0.2) is 18.2 Å². The van der Waals surface area contributed by atoms with Crippen LogP contribution in [0.4, 0.5) is 0 Å². The Hall–Kier alpha value is -1.15. The van der Waals surface area contributed by atoms with Crippen molar-refractivity contribution in [3.8, 4) is 0 Å². The maximum absolute atomic E-state index is 12.4. The number of hydrogen-bond acceptors (Lipinski definition) is 2. The lowest BCUT2D eigenvalue weighted by Gasteiger charge is -2.21. The molecule has 0 spiro atoms. The summed E-state index contributed by atoms with van der Waals surface area (Å²) in [6.45, 7) is 1.97. The highest BCUT2D eigenvalue weighted by Gasteiger charge is 2.23. The Kier molecular flexibility index (Phi) is 2.98. The summed E-state index contributed by atoms with van der Waals surface area (Å²) in [7, 11) is 0. The van der Waals surface area contributed by atoms with E-state index in [1.807, 2.05) is 6.07 Å². The summed E-state index contributed by atoms with van der Waals surface area (Å²) in [5, 5.41) is 3.31. The zero-order chi connectivity index (χ0) is 11.7. The topological polar surface area (TPSA) is 29.1 Å². The number of benzene rings is 1. The van der Waals surface area contributed by atoms with Gasteiger partial charge in [-0.3, -0.25) is 4.79 Å². The lowest BCUT2D eigenvalue weighted by molar-refractivity contribution is 0.0895. The molecule has 1 aliphatic carbocycles. The summed E-state index contributed by atoms with van der Waals surface area (Å²) in [6, 6.07) is 6.35. The average Bonchev–Trinajstić information content (AvgIpc) is 2.86. The molecule has 2 nitrogen and oxygen atoms in total. The molecule has 2 heteroatoms. The second-order valence-corrected chi connectivity index (χ2v) is 5.23. The van der Waals surface area contributed by atoms with E-state index in [1.54, 1.807) is 0 Å². The van der Waals surface area contributed by atoms with E-state index in [4.69, 9.17) is 0 Å². The van der Waals surface area contributed by atoms with Gasteiger partial charge >= 0.3 is 0 Å². The van der Waals surface area contributed by atoms with Crippen molar-refractivity contribution in [3.05, 3.63) is 34.9 Å². The molecule has 1 aliphatic heterocycles. The van der Waals surface area contributed by atoms with Crippen LogP contribution in [-0.4, -0.2) is 18.9 Å². The molecule has 3 rings (SSSR count). The van der Waals surface area contributed by atoms with Gasteiger partial charge in [0.05, 0.1) is 0 Å². The molecule has 17 heavy (non-hydrogen) atoms. The maximum Gasteiger partial charge on any atom is 0.166 e. The van der Waals surface area contributed by atoms with Crippen LogP contribution in [0.1, 0.15) is 40.7 Å². The highest BCUT2D eigenvalue weighted by Crippen LogP contribution is 2.25. The number of carbonyl (C=O) groups excluding carboxylic acids is 1. The number of hydrogen-bond donors (Lipinski definition) is 1. The van der Waals surface area contributed by atoms with Gasteiger partial charge in [-0.25, -0.2) is 0 Å². The van der Waals surface area contributed by atoms with Crippen LogP contribution in [0.25, 0.3) is 0 Å². The van der Waals surface area contributed by atoms with Crippen molar-refractivity contribution in [2.75, 3.05) is 13.1 Å². The molecule has 1 saturated heterocycles. The molecule has 1 aromatic rings. The van der Waals surface area contributed by atoms with Gasteiger partial charge in [-0.05, 0) is 62.4 Å². The zero-order valence-corrected chi connectivity index (χ0v) is 10.2. The van der Waals surface area contributed by atoms with Crippen LogP contribution in [0.3, 0.4) is 0 Å². The molecule has 0 unspecified atom stereocenters. The lowest BCUT2D eigenvalue weighted by Crippen LogP contribution is -2.31. The van der Waals surface area contributed by atoms with E-state index in [1.165, 1.54) is 24.0 Å². The minimum Gasteiger partial charge on any atom is -0.317 e. The van der Waals surface area contributed by atoms with Crippen molar-refractivity contribution < 1.29 is 4.79 Å². The SMILES string of the molecule is O=C(c1ccc2c(c1)CCC2)C1CCNCC1. The first kappa shape index (κ1) is 11.0. The van der Waals surface area contributed by atoms with Crippen molar-refractivity contribution in [2.45, 2.75) is 32.1 Å². The lowest BCUT2D eigenvalue weighted by atomic mass is 9.89. The third-order valence-electron chi connectivity index (χ3n) is 4.09. The molecule has 0 radical (unpaired) electrons. The molecule has 1 heterocycles. The molecule has 1 aromatic carbocycles. The smallest absolute Gasteiger partial charge is 0.166 e. The van der Waals surface area contributed by atoms with Crippen LogP contribution in [0.5, 0.6) is 0 Å². The third kappa shape index (κ3) is 2.14. The quantitative estimate of drug-likeness (QED) is 0.789. The van der Waals surface area contributed by atoms with Crippen LogP contribution >= 0.6 is 0 Å². The number of ketones is 1. The van der Waals surface area contributed by atoms with Gasteiger partial charge in [0.25, 0.3) is 0 Å². The molecule has 2 aliphatic rings. The van der Waals surface area contributed by atoms with E-state index in [0.717, 1.165) is 37.9 Å². The van der Waals surface area contributed by atoms with Crippen molar-refractivity contribution in [1.82, 2.24) is 5.32 Å². The molecule has 0 amide bonds. The van der Waals surface area contributed by atoms with E-state index in [9.17, 15) is 4.79 Å². The van der Waals surface area contributed by atoms with Crippen LogP contribution < -0.4 is 5.32 Å². The Morgan fingerprint density at radius 1 is 1.12 bits per heavy atom. The number of Topliss-reactive ketones (excluding diaryl/α,β-unsaturated/α-hetero) is 1. The van der Waals surface area contributed by atoms with Crippen molar-refractivity contribution in [2.24, 2.45) is 5.92 Å². The summed E-state index contributed by atoms with van der Waals surface area (Å²) in [5.74, 6) is 0.608. The molecule has 1 N–H and O–H groups in total. The zero-order valence-electron chi connectivity index (χ0n) is 10.2. The fraction of sp³-hybridized carbons (Fsp3) is 0.533. The van der Waals surface area contributed by atoms with Crippen LogP contribution in [0.2, 0.25) is 0 Å². The van der Waals surface area contributed by atoms with E-state index in [-0.39, 0.29) is 5.92 Å². The first-order valence-electron chi connectivity index (χ1n) is 6.71. The molecule has 1 fully saturated rings. The van der Waals surface area contributed by atoms with Gasteiger partial charge in [0.2, 0.25) is 0 Å².